The Balaban J connectivity index is 2.20. The third-order valence-electron chi connectivity index (χ3n) is 3.62. The van der Waals surface area contributed by atoms with Gasteiger partial charge in [0.1, 0.15) is 0 Å². The molecule has 2 aromatic carbocycles. The number of nitrogens with zero attached hydrogens (tertiary/aromatic N) is 4. The topological polar surface area (TPSA) is 69.6 Å². The highest BCUT2D eigenvalue weighted by molar-refractivity contribution is 5.75. The second kappa shape index (κ2) is 5.01. The maximum atomic E-state index is 6.17. The highest BCUT2D eigenvalue weighted by Gasteiger charge is 2.15. The Morgan fingerprint density at radius 3 is 2.57 bits per heavy atom. The van der Waals surface area contributed by atoms with Gasteiger partial charge in [-0.15, -0.1) is 5.10 Å². The van der Waals surface area contributed by atoms with E-state index in [1.807, 2.05) is 44.2 Å². The third kappa shape index (κ3) is 2.27. The SMILES string of the molecule is Cc1ccc(-n2nnnc2-c2cccc(C)c2N)c(C)c1. The number of benzene rings is 2. The molecule has 21 heavy (non-hydrogen) atoms. The number of tetrazole rings is 1. The van der Waals surface area contributed by atoms with Crippen molar-refractivity contribution in [2.75, 3.05) is 5.73 Å². The van der Waals surface area contributed by atoms with Gasteiger partial charge in [-0.05, 0) is 54.5 Å². The Hall–Kier alpha value is -2.69. The van der Waals surface area contributed by atoms with Crippen molar-refractivity contribution in [3.05, 3.63) is 53.1 Å². The van der Waals surface area contributed by atoms with Crippen molar-refractivity contribution in [3.63, 3.8) is 0 Å². The van der Waals surface area contributed by atoms with E-state index in [4.69, 9.17) is 5.73 Å². The molecule has 0 aliphatic carbocycles. The first kappa shape index (κ1) is 13.3. The molecule has 0 bridgehead atoms. The first-order valence-corrected chi connectivity index (χ1v) is 6.79. The third-order valence-corrected chi connectivity index (χ3v) is 3.62. The highest BCUT2D eigenvalue weighted by Crippen LogP contribution is 2.28. The van der Waals surface area contributed by atoms with Crippen molar-refractivity contribution >= 4 is 5.69 Å². The van der Waals surface area contributed by atoms with Gasteiger partial charge in [0, 0.05) is 11.3 Å². The molecule has 1 heterocycles. The number of nitrogen functional groups attached to an aromatic ring is 1. The average Bonchev–Trinajstić information content (AvgIpc) is 2.91. The first-order chi connectivity index (χ1) is 10.1. The van der Waals surface area contributed by atoms with Gasteiger partial charge in [-0.1, -0.05) is 29.8 Å². The van der Waals surface area contributed by atoms with Crippen molar-refractivity contribution in [3.8, 4) is 17.1 Å². The van der Waals surface area contributed by atoms with Crippen molar-refractivity contribution in [2.24, 2.45) is 0 Å². The predicted molar refractivity (Wildman–Crippen MR) is 83.2 cm³/mol. The second-order valence-corrected chi connectivity index (χ2v) is 5.24. The van der Waals surface area contributed by atoms with E-state index in [2.05, 4.69) is 28.5 Å². The molecular weight excluding hydrogens is 262 g/mol. The molecule has 5 nitrogen and oxygen atoms in total. The van der Waals surface area contributed by atoms with E-state index >= 15 is 0 Å². The summed E-state index contributed by atoms with van der Waals surface area (Å²) in [7, 11) is 0. The van der Waals surface area contributed by atoms with Gasteiger partial charge in [-0.25, -0.2) is 0 Å². The number of hydrogen-bond acceptors (Lipinski definition) is 4. The fraction of sp³-hybridized carbons (Fsp3) is 0.188. The summed E-state index contributed by atoms with van der Waals surface area (Å²) < 4.78 is 1.74. The number of aromatic nitrogens is 4. The van der Waals surface area contributed by atoms with Crippen LogP contribution in [0.2, 0.25) is 0 Å². The van der Waals surface area contributed by atoms with Gasteiger partial charge in [-0.3, -0.25) is 0 Å². The number of anilines is 1. The summed E-state index contributed by atoms with van der Waals surface area (Å²) in [6.45, 7) is 6.09. The summed E-state index contributed by atoms with van der Waals surface area (Å²) in [5.41, 5.74) is 12.0. The molecule has 0 saturated carbocycles. The molecule has 1 aromatic heterocycles. The number of nitrogens with two attached hydrogens (primary N) is 1. The molecule has 0 radical (unpaired) electrons. The van der Waals surface area contributed by atoms with Crippen LogP contribution in [0.25, 0.3) is 17.1 Å². The van der Waals surface area contributed by atoms with Crippen LogP contribution in [0.5, 0.6) is 0 Å². The maximum Gasteiger partial charge on any atom is 0.189 e. The summed E-state index contributed by atoms with van der Waals surface area (Å²) in [5, 5.41) is 12.1. The van der Waals surface area contributed by atoms with Crippen molar-refractivity contribution in [2.45, 2.75) is 20.8 Å². The minimum atomic E-state index is 0.656. The van der Waals surface area contributed by atoms with E-state index in [1.54, 1.807) is 4.68 Å². The van der Waals surface area contributed by atoms with Crippen LogP contribution in [0.1, 0.15) is 16.7 Å². The fourth-order valence-electron chi connectivity index (χ4n) is 2.44. The van der Waals surface area contributed by atoms with Crippen LogP contribution in [-0.2, 0) is 0 Å². The minimum absolute atomic E-state index is 0.656. The normalized spacial score (nSPS) is 10.8. The van der Waals surface area contributed by atoms with Gasteiger partial charge >= 0.3 is 0 Å². The quantitative estimate of drug-likeness (QED) is 0.732. The van der Waals surface area contributed by atoms with E-state index in [0.29, 0.717) is 11.5 Å². The zero-order valence-corrected chi connectivity index (χ0v) is 12.3. The molecule has 3 rings (SSSR count). The number of rotatable bonds is 2. The highest BCUT2D eigenvalue weighted by atomic mass is 15.5. The van der Waals surface area contributed by atoms with Crippen molar-refractivity contribution < 1.29 is 0 Å². The van der Waals surface area contributed by atoms with Crippen LogP contribution in [0, 0.1) is 20.8 Å². The Bertz CT molecular complexity index is 804. The van der Waals surface area contributed by atoms with Crippen LogP contribution in [0.4, 0.5) is 5.69 Å². The van der Waals surface area contributed by atoms with Gasteiger partial charge in [0.05, 0.1) is 5.69 Å². The smallest absolute Gasteiger partial charge is 0.189 e. The molecule has 5 heteroatoms. The fourth-order valence-corrected chi connectivity index (χ4v) is 2.44. The lowest BCUT2D eigenvalue weighted by atomic mass is 10.1. The van der Waals surface area contributed by atoms with E-state index in [0.717, 1.165) is 22.4 Å². The Morgan fingerprint density at radius 1 is 1.00 bits per heavy atom. The van der Waals surface area contributed by atoms with Gasteiger partial charge in [-0.2, -0.15) is 4.68 Å². The van der Waals surface area contributed by atoms with Gasteiger partial charge < -0.3 is 5.73 Å². The second-order valence-electron chi connectivity index (χ2n) is 5.24. The molecule has 0 atom stereocenters. The lowest BCUT2D eigenvalue weighted by Gasteiger charge is -2.11. The number of aryl methyl sites for hydroxylation is 3. The average molecular weight is 279 g/mol. The largest absolute Gasteiger partial charge is 0.398 e. The Kier molecular flexibility index (Phi) is 3.17. The summed E-state index contributed by atoms with van der Waals surface area (Å²) in [6.07, 6.45) is 0. The summed E-state index contributed by atoms with van der Waals surface area (Å²) in [5.74, 6) is 0.656. The molecule has 0 spiro atoms. The van der Waals surface area contributed by atoms with E-state index in [1.165, 1.54) is 5.56 Å². The molecule has 3 aromatic rings. The van der Waals surface area contributed by atoms with Crippen LogP contribution in [-0.4, -0.2) is 20.2 Å². The molecule has 0 aliphatic rings. The van der Waals surface area contributed by atoms with Gasteiger partial charge in [0.2, 0.25) is 0 Å². The van der Waals surface area contributed by atoms with E-state index < -0.39 is 0 Å². The molecular formula is C16H17N5. The Labute approximate surface area is 123 Å². The van der Waals surface area contributed by atoms with Gasteiger partial charge in [0.15, 0.2) is 5.82 Å². The van der Waals surface area contributed by atoms with E-state index in [9.17, 15) is 0 Å². The zero-order valence-electron chi connectivity index (χ0n) is 12.3. The Morgan fingerprint density at radius 2 is 1.81 bits per heavy atom. The lowest BCUT2D eigenvalue weighted by Crippen LogP contribution is -2.04. The lowest BCUT2D eigenvalue weighted by molar-refractivity contribution is 0.787. The monoisotopic (exact) mass is 279 g/mol. The zero-order chi connectivity index (χ0) is 15.0. The number of para-hydroxylation sites is 1. The van der Waals surface area contributed by atoms with Crippen LogP contribution in [0.3, 0.4) is 0 Å². The van der Waals surface area contributed by atoms with Crippen LogP contribution >= 0.6 is 0 Å². The van der Waals surface area contributed by atoms with E-state index in [-0.39, 0.29) is 0 Å². The molecule has 2 N–H and O–H groups in total. The molecule has 106 valence electrons. The summed E-state index contributed by atoms with van der Waals surface area (Å²) in [4.78, 5) is 0. The minimum Gasteiger partial charge on any atom is -0.398 e. The first-order valence-electron chi connectivity index (χ1n) is 6.79. The van der Waals surface area contributed by atoms with Crippen LogP contribution < -0.4 is 5.73 Å². The number of hydrogen-bond donors (Lipinski definition) is 1. The molecule has 0 saturated heterocycles. The van der Waals surface area contributed by atoms with Crippen molar-refractivity contribution in [1.82, 2.24) is 20.2 Å². The maximum absolute atomic E-state index is 6.17. The standard InChI is InChI=1S/C16H17N5/c1-10-7-8-14(12(3)9-10)21-16(18-19-20-21)13-6-4-5-11(2)15(13)17/h4-9H,17H2,1-3H3. The van der Waals surface area contributed by atoms with Crippen molar-refractivity contribution in [1.29, 1.82) is 0 Å². The molecule has 0 unspecified atom stereocenters. The molecule has 0 fully saturated rings. The molecule has 0 aliphatic heterocycles. The molecule has 0 amide bonds. The van der Waals surface area contributed by atoms with Gasteiger partial charge in [0.25, 0.3) is 0 Å². The predicted octanol–water partition coefficient (Wildman–Crippen LogP) is 2.84. The summed E-state index contributed by atoms with van der Waals surface area (Å²) in [6, 6.07) is 12.1. The summed E-state index contributed by atoms with van der Waals surface area (Å²) >= 11 is 0. The van der Waals surface area contributed by atoms with Crippen LogP contribution in [0.15, 0.2) is 36.4 Å².